The van der Waals surface area contributed by atoms with Gasteiger partial charge < -0.3 is 17.0 Å². The zero-order valence-corrected chi connectivity index (χ0v) is 8.00. The van der Waals surface area contributed by atoms with Crippen LogP contribution in [0.1, 0.15) is 13.8 Å². The molecule has 58 valence electrons. The molecule has 0 saturated carbocycles. The van der Waals surface area contributed by atoms with Crippen LogP contribution in [0, 0.1) is 0 Å². The quantitative estimate of drug-likeness (QED) is 0.479. The van der Waals surface area contributed by atoms with Crippen molar-refractivity contribution < 1.29 is 21.5 Å². The second-order valence-corrected chi connectivity index (χ2v) is 2.30. The van der Waals surface area contributed by atoms with Crippen LogP contribution in [0.25, 0.3) is 0 Å². The molecule has 1 aliphatic heterocycles. The predicted octanol–water partition coefficient (Wildman–Crippen LogP) is -1.64. The molecule has 2 nitrogen and oxygen atoms in total. The van der Waals surface area contributed by atoms with Crippen LogP contribution in [0.15, 0.2) is 17.4 Å². The predicted molar refractivity (Wildman–Crippen MR) is 39.0 cm³/mol. The minimum atomic E-state index is 0. The molecule has 1 rings (SSSR count). The Morgan fingerprint density at radius 3 is 2.10 bits per heavy atom. The first-order valence-electron chi connectivity index (χ1n) is 3.41. The molecule has 1 aliphatic rings. The topological polar surface area (TPSA) is 12.4 Å². The molecule has 1 heterocycles. The van der Waals surface area contributed by atoms with Crippen molar-refractivity contribution >= 4 is 6.34 Å². The van der Waals surface area contributed by atoms with E-state index in [0.717, 1.165) is 17.6 Å². The van der Waals surface area contributed by atoms with E-state index in [1.165, 1.54) is 0 Å². The largest absolute Gasteiger partial charge is 1.00 e. The molecule has 0 N–H and O–H groups in total. The first kappa shape index (κ1) is 9.85. The lowest BCUT2D eigenvalue weighted by Gasteiger charge is -2.23. The smallest absolute Gasteiger partial charge is 0.194 e. The van der Waals surface area contributed by atoms with Crippen molar-refractivity contribution in [2.75, 3.05) is 13.1 Å². The van der Waals surface area contributed by atoms with Gasteiger partial charge in [-0.1, -0.05) is 0 Å². The lowest BCUT2D eigenvalue weighted by molar-refractivity contribution is -0.774. The van der Waals surface area contributed by atoms with Crippen LogP contribution in [-0.2, 0) is 0 Å². The zero-order chi connectivity index (χ0) is 6.74. The Morgan fingerprint density at radius 1 is 1.30 bits per heavy atom. The lowest BCUT2D eigenvalue weighted by atomic mass is 10.4. The molecule has 0 amide bonds. The minimum absolute atomic E-state index is 0. The van der Waals surface area contributed by atoms with Crippen molar-refractivity contribution in [3.05, 3.63) is 12.4 Å². The van der Waals surface area contributed by atoms with Gasteiger partial charge in [-0.05, 0) is 13.8 Å². The summed E-state index contributed by atoms with van der Waals surface area (Å²) in [6.07, 6.45) is 5.98. The molecule has 10 heavy (non-hydrogen) atoms. The number of nitrogens with zero attached hydrogens (tertiary/aromatic N) is 2. The SMILES string of the molecule is CC[N+]1(CC)C=CN=C1.[Br-]. The number of halogens is 1. The third-order valence-corrected chi connectivity index (χ3v) is 1.92. The fourth-order valence-corrected chi connectivity index (χ4v) is 0.979. The zero-order valence-electron chi connectivity index (χ0n) is 6.42. The van der Waals surface area contributed by atoms with Crippen LogP contribution >= 0.6 is 0 Å². The van der Waals surface area contributed by atoms with Gasteiger partial charge in [0.15, 0.2) is 6.34 Å². The Labute approximate surface area is 72.6 Å². The van der Waals surface area contributed by atoms with Crippen molar-refractivity contribution in [2.24, 2.45) is 4.99 Å². The molecule has 0 aromatic carbocycles. The Kier molecular flexibility index (Phi) is 3.83. The van der Waals surface area contributed by atoms with Crippen LogP contribution in [0.4, 0.5) is 0 Å². The summed E-state index contributed by atoms with van der Waals surface area (Å²) in [6.45, 7) is 6.56. The number of rotatable bonds is 2. The van der Waals surface area contributed by atoms with Crippen LogP contribution < -0.4 is 17.0 Å². The van der Waals surface area contributed by atoms with E-state index in [9.17, 15) is 0 Å². The Balaban J connectivity index is 0.000000810. The van der Waals surface area contributed by atoms with Gasteiger partial charge in [-0.25, -0.2) is 4.99 Å². The van der Waals surface area contributed by atoms with E-state index in [-0.39, 0.29) is 17.0 Å². The van der Waals surface area contributed by atoms with Crippen LogP contribution in [0.5, 0.6) is 0 Å². The summed E-state index contributed by atoms with van der Waals surface area (Å²) < 4.78 is 0.917. The third-order valence-electron chi connectivity index (χ3n) is 1.92. The standard InChI is InChI=1S/C7H13N2.BrH/c1-3-9(4-2)6-5-8-7-9;/h5-7H,3-4H2,1-2H3;1H/q+1;/p-1. The monoisotopic (exact) mass is 204 g/mol. The van der Waals surface area contributed by atoms with Gasteiger partial charge in [0, 0.05) is 0 Å². The minimum Gasteiger partial charge on any atom is -1.00 e. The molecular weight excluding hydrogens is 192 g/mol. The highest BCUT2D eigenvalue weighted by Gasteiger charge is 2.19. The highest BCUT2D eigenvalue weighted by atomic mass is 79.9. The normalized spacial score (nSPS) is 19.0. The van der Waals surface area contributed by atoms with Gasteiger partial charge in [0.25, 0.3) is 0 Å². The molecule has 0 unspecified atom stereocenters. The van der Waals surface area contributed by atoms with E-state index in [1.54, 1.807) is 0 Å². The molecule has 0 fully saturated rings. The van der Waals surface area contributed by atoms with Gasteiger partial charge in [0.2, 0.25) is 0 Å². The number of hydrogen-bond acceptors (Lipinski definition) is 1. The Bertz CT molecular complexity index is 134. The van der Waals surface area contributed by atoms with E-state index in [4.69, 9.17) is 0 Å². The van der Waals surface area contributed by atoms with Crippen molar-refractivity contribution in [3.8, 4) is 0 Å². The summed E-state index contributed by atoms with van der Waals surface area (Å²) >= 11 is 0. The second-order valence-electron chi connectivity index (χ2n) is 2.30. The molecular formula is C7H13BrN2. The molecule has 0 bridgehead atoms. The van der Waals surface area contributed by atoms with E-state index >= 15 is 0 Å². The van der Waals surface area contributed by atoms with Gasteiger partial charge in [-0.3, -0.25) is 4.48 Å². The molecule has 0 atom stereocenters. The molecule has 3 heteroatoms. The highest BCUT2D eigenvalue weighted by molar-refractivity contribution is 5.50. The van der Waals surface area contributed by atoms with Gasteiger partial charge in [-0.2, -0.15) is 0 Å². The summed E-state index contributed by atoms with van der Waals surface area (Å²) in [4.78, 5) is 4.05. The maximum Gasteiger partial charge on any atom is 0.194 e. The molecule has 0 saturated heterocycles. The number of quaternary nitrogens is 1. The van der Waals surface area contributed by atoms with E-state index in [2.05, 4.69) is 25.0 Å². The first-order valence-corrected chi connectivity index (χ1v) is 3.41. The fraction of sp³-hybridized carbons (Fsp3) is 0.571. The maximum atomic E-state index is 4.05. The summed E-state index contributed by atoms with van der Waals surface area (Å²) in [7, 11) is 0. The van der Waals surface area contributed by atoms with Crippen LogP contribution in [-0.4, -0.2) is 23.9 Å². The lowest BCUT2D eigenvalue weighted by Crippen LogP contribution is -3.00. The fourth-order valence-electron chi connectivity index (χ4n) is 0.979. The van der Waals surface area contributed by atoms with Gasteiger partial charge in [0.1, 0.15) is 6.20 Å². The molecule has 0 radical (unpaired) electrons. The van der Waals surface area contributed by atoms with Crippen molar-refractivity contribution in [2.45, 2.75) is 13.8 Å². The van der Waals surface area contributed by atoms with Gasteiger partial charge in [-0.15, -0.1) is 0 Å². The second kappa shape index (κ2) is 3.88. The van der Waals surface area contributed by atoms with E-state index in [0.29, 0.717) is 0 Å². The van der Waals surface area contributed by atoms with Crippen molar-refractivity contribution in [1.82, 2.24) is 0 Å². The highest BCUT2D eigenvalue weighted by Crippen LogP contribution is 2.08. The van der Waals surface area contributed by atoms with E-state index < -0.39 is 0 Å². The van der Waals surface area contributed by atoms with Crippen molar-refractivity contribution in [3.63, 3.8) is 0 Å². The molecule has 0 aromatic rings. The first-order chi connectivity index (χ1) is 4.33. The number of aliphatic imine (C=N–C) groups is 1. The Hall–Kier alpha value is -0.150. The summed E-state index contributed by atoms with van der Waals surface area (Å²) in [5.41, 5.74) is 0. The summed E-state index contributed by atoms with van der Waals surface area (Å²) in [5, 5.41) is 0. The van der Waals surface area contributed by atoms with E-state index in [1.807, 2.05) is 12.5 Å². The third kappa shape index (κ3) is 1.67. The van der Waals surface area contributed by atoms with Gasteiger partial charge in [0.05, 0.1) is 19.3 Å². The average molecular weight is 205 g/mol. The average Bonchev–Trinajstić information content (AvgIpc) is 2.36. The Morgan fingerprint density at radius 2 is 1.90 bits per heavy atom. The van der Waals surface area contributed by atoms with Crippen LogP contribution in [0.3, 0.4) is 0 Å². The number of hydrogen-bond donors (Lipinski definition) is 0. The van der Waals surface area contributed by atoms with Crippen LogP contribution in [0.2, 0.25) is 0 Å². The molecule has 0 aromatic heterocycles. The maximum absolute atomic E-state index is 4.05. The summed E-state index contributed by atoms with van der Waals surface area (Å²) in [5.74, 6) is 0. The summed E-state index contributed by atoms with van der Waals surface area (Å²) in [6, 6.07) is 0. The van der Waals surface area contributed by atoms with Gasteiger partial charge >= 0.3 is 0 Å². The van der Waals surface area contributed by atoms with Crippen molar-refractivity contribution in [1.29, 1.82) is 0 Å². The molecule has 0 aliphatic carbocycles. The molecule has 0 spiro atoms.